The minimum atomic E-state index is -2.87. The topological polar surface area (TPSA) is 67.4 Å². The van der Waals surface area contributed by atoms with Crippen molar-refractivity contribution in [1.29, 1.82) is 0 Å². The summed E-state index contributed by atoms with van der Waals surface area (Å²) in [4.78, 5) is 7.88. The number of thioether (sulfide) groups is 1. The van der Waals surface area contributed by atoms with Crippen LogP contribution in [-0.4, -0.2) is 39.9 Å². The number of hydrogen-bond donors (Lipinski definition) is 0. The fourth-order valence-electron chi connectivity index (χ4n) is 2.02. The van der Waals surface area contributed by atoms with Crippen molar-refractivity contribution in [3.8, 4) is 0 Å². The molecule has 0 saturated heterocycles. The van der Waals surface area contributed by atoms with E-state index in [1.54, 1.807) is 0 Å². The Kier molecular flexibility index (Phi) is 8.77. The van der Waals surface area contributed by atoms with Crippen molar-refractivity contribution in [2.75, 3.05) is 22.4 Å². The van der Waals surface area contributed by atoms with Crippen LogP contribution in [0.5, 0.6) is 0 Å². The second-order valence-electron chi connectivity index (χ2n) is 5.07. The summed E-state index contributed by atoms with van der Waals surface area (Å²) in [5, 5.41) is 6.88. The maximum atomic E-state index is 12.9. The lowest BCUT2D eigenvalue weighted by Gasteiger charge is -2.22. The van der Waals surface area contributed by atoms with Gasteiger partial charge in [-0.1, -0.05) is 18.9 Å². The molecule has 0 aromatic carbocycles. The molecule has 2 aromatic heterocycles. The summed E-state index contributed by atoms with van der Waals surface area (Å²) in [5.41, 5.74) is 0.393. The predicted octanol–water partition coefficient (Wildman–Crippen LogP) is 5.25. The summed E-state index contributed by atoms with van der Waals surface area (Å²) in [6.07, 6.45) is -1.50. The molecule has 0 saturated carbocycles. The van der Waals surface area contributed by atoms with Gasteiger partial charge in [-0.15, -0.1) is 22.0 Å². The lowest BCUT2D eigenvalue weighted by Crippen LogP contribution is -2.18. The summed E-state index contributed by atoms with van der Waals surface area (Å²) in [6, 6.07) is 1.39. The van der Waals surface area contributed by atoms with Gasteiger partial charge in [-0.3, -0.25) is 9.98 Å². The molecule has 0 aliphatic rings. The van der Waals surface area contributed by atoms with Crippen LogP contribution in [0.3, 0.4) is 0 Å². The Morgan fingerprint density at radius 3 is 2.68 bits per heavy atom. The molecule has 0 amide bonds. The zero-order valence-corrected chi connectivity index (χ0v) is 16.4. The normalized spacial score (nSPS) is 12.0. The number of aromatic nitrogens is 3. The molecule has 28 heavy (non-hydrogen) atoms. The monoisotopic (exact) mass is 435 g/mol. The average molecular weight is 435 g/mol. The molecule has 0 radical (unpaired) electrons. The van der Waals surface area contributed by atoms with Crippen LogP contribution in [0.1, 0.15) is 37.1 Å². The molecule has 0 fully saturated rings. The first-order valence-electron chi connectivity index (χ1n) is 8.00. The van der Waals surface area contributed by atoms with Crippen molar-refractivity contribution in [2.24, 2.45) is 4.99 Å². The number of halogens is 4. The minimum absolute atomic E-state index is 0.0799. The Labute approximate surface area is 167 Å². The smallest absolute Gasteiger partial charge is 0.314 e. The predicted molar refractivity (Wildman–Crippen MR) is 104 cm³/mol. The lowest BCUT2D eigenvalue weighted by molar-refractivity contribution is 0.114. The summed E-state index contributed by atoms with van der Waals surface area (Å²) >= 11 is 2.69. The summed E-state index contributed by atoms with van der Waals surface area (Å²) < 4.78 is 57.8. The first-order valence-corrected chi connectivity index (χ1v) is 9.93. The van der Waals surface area contributed by atoms with E-state index in [9.17, 15) is 17.6 Å². The van der Waals surface area contributed by atoms with Gasteiger partial charge in [-0.25, -0.2) is 8.78 Å². The van der Waals surface area contributed by atoms with Crippen LogP contribution in [0.15, 0.2) is 34.1 Å². The first-order chi connectivity index (χ1) is 13.5. The van der Waals surface area contributed by atoms with E-state index in [1.165, 1.54) is 42.2 Å². The molecular formula is C16H17F4N5OS2. The fraction of sp³-hybridized carbons (Fsp3) is 0.375. The fourth-order valence-corrected chi connectivity index (χ4v) is 3.77. The Bertz CT molecular complexity index is 803. The Morgan fingerprint density at radius 2 is 2.07 bits per heavy atom. The van der Waals surface area contributed by atoms with E-state index in [-0.39, 0.29) is 11.5 Å². The van der Waals surface area contributed by atoms with Crippen LogP contribution in [0.25, 0.3) is 4.91 Å². The van der Waals surface area contributed by atoms with Crippen molar-refractivity contribution >= 4 is 41.0 Å². The third-order valence-corrected chi connectivity index (χ3v) is 5.11. The van der Waals surface area contributed by atoms with Gasteiger partial charge in [0, 0.05) is 36.0 Å². The second kappa shape index (κ2) is 11.1. The molecular weight excluding hydrogens is 418 g/mol. The number of alkyl halides is 4. The molecule has 0 N–H and O–H groups in total. The van der Waals surface area contributed by atoms with Crippen LogP contribution in [-0.2, 0) is 0 Å². The molecule has 0 aliphatic carbocycles. The summed E-state index contributed by atoms with van der Waals surface area (Å²) in [5.74, 6) is 0.342. The number of rotatable bonds is 11. The zero-order valence-electron chi connectivity index (χ0n) is 14.8. The van der Waals surface area contributed by atoms with Crippen LogP contribution in [0.2, 0.25) is 0 Å². The highest BCUT2D eigenvalue weighted by atomic mass is 32.2. The Hall–Kier alpha value is -2.08. The van der Waals surface area contributed by atoms with Crippen molar-refractivity contribution < 1.29 is 22.0 Å². The van der Waals surface area contributed by atoms with Gasteiger partial charge < -0.3 is 8.72 Å². The SMILES string of the molecule is C=N/C=C(\SCCN(SCC)c1cncc(C(F)F)c1)c1nnc(C(F)F)o1. The Balaban J connectivity index is 2.06. The molecule has 0 aliphatic heterocycles. The third-order valence-electron chi connectivity index (χ3n) is 3.17. The zero-order chi connectivity index (χ0) is 20.5. The minimum Gasteiger partial charge on any atom is -0.414 e. The van der Waals surface area contributed by atoms with E-state index >= 15 is 0 Å². The van der Waals surface area contributed by atoms with Gasteiger partial charge in [-0.05, 0) is 12.8 Å². The maximum absolute atomic E-state index is 12.9. The molecule has 6 nitrogen and oxygen atoms in total. The van der Waals surface area contributed by atoms with Gasteiger partial charge in [-0.2, -0.15) is 8.78 Å². The largest absolute Gasteiger partial charge is 0.414 e. The van der Waals surface area contributed by atoms with E-state index in [4.69, 9.17) is 4.42 Å². The third kappa shape index (κ3) is 6.23. The molecule has 12 heteroatoms. The van der Waals surface area contributed by atoms with Crippen molar-refractivity contribution in [3.63, 3.8) is 0 Å². The molecule has 152 valence electrons. The van der Waals surface area contributed by atoms with E-state index in [0.29, 0.717) is 22.9 Å². The van der Waals surface area contributed by atoms with Crippen molar-refractivity contribution in [2.45, 2.75) is 19.8 Å². The van der Waals surface area contributed by atoms with Gasteiger partial charge in [0.1, 0.15) is 0 Å². The number of pyridine rings is 1. The number of anilines is 1. The first kappa shape index (κ1) is 22.2. The van der Waals surface area contributed by atoms with Crippen LogP contribution in [0, 0.1) is 0 Å². The van der Waals surface area contributed by atoms with Crippen LogP contribution < -0.4 is 4.31 Å². The van der Waals surface area contributed by atoms with Gasteiger partial charge in [0.05, 0.1) is 16.8 Å². The van der Waals surface area contributed by atoms with Crippen LogP contribution >= 0.6 is 23.7 Å². The maximum Gasteiger partial charge on any atom is 0.314 e. The summed E-state index contributed by atoms with van der Waals surface area (Å²) in [7, 11) is 0. The lowest BCUT2D eigenvalue weighted by atomic mass is 10.3. The Morgan fingerprint density at radius 1 is 1.29 bits per heavy atom. The molecule has 0 unspecified atom stereocenters. The summed E-state index contributed by atoms with van der Waals surface area (Å²) in [6.45, 7) is 5.74. The number of hydrogen-bond acceptors (Lipinski definition) is 8. The molecule has 0 spiro atoms. The molecule has 0 atom stereocenters. The second-order valence-corrected chi connectivity index (χ2v) is 7.48. The molecule has 2 aromatic rings. The van der Waals surface area contributed by atoms with Gasteiger partial charge in [0.15, 0.2) is 0 Å². The van der Waals surface area contributed by atoms with Gasteiger partial charge in [0.2, 0.25) is 0 Å². The van der Waals surface area contributed by atoms with E-state index in [0.717, 1.165) is 11.9 Å². The van der Waals surface area contributed by atoms with Crippen molar-refractivity contribution in [3.05, 3.63) is 42.0 Å². The van der Waals surface area contributed by atoms with E-state index < -0.39 is 18.7 Å². The van der Waals surface area contributed by atoms with Crippen LogP contribution in [0.4, 0.5) is 23.2 Å². The molecule has 0 bridgehead atoms. The molecule has 2 heterocycles. The quantitative estimate of drug-likeness (QED) is 0.271. The highest BCUT2D eigenvalue weighted by Crippen LogP contribution is 2.31. The molecule has 2 rings (SSSR count). The number of aliphatic imine (C=N–C) groups is 1. The highest BCUT2D eigenvalue weighted by Gasteiger charge is 2.19. The standard InChI is InChI=1S/C16H17F4N5OS2/c1-3-28-25(11-6-10(13(17)18)7-22-8-11)4-5-27-12(9-21-2)15-23-24-16(26-15)14(19)20/h6-9,13-14H,2-5H2,1H3/b12-9-. The van der Waals surface area contributed by atoms with Gasteiger partial charge >= 0.3 is 6.43 Å². The highest BCUT2D eigenvalue weighted by molar-refractivity contribution is 8.08. The average Bonchev–Trinajstić information content (AvgIpc) is 3.17. The van der Waals surface area contributed by atoms with Gasteiger partial charge in [0.25, 0.3) is 18.2 Å². The van der Waals surface area contributed by atoms with E-state index in [1.807, 2.05) is 11.2 Å². The number of nitrogens with zero attached hydrogens (tertiary/aromatic N) is 5. The van der Waals surface area contributed by atoms with E-state index in [2.05, 4.69) is 26.9 Å². The van der Waals surface area contributed by atoms with Crippen molar-refractivity contribution in [1.82, 2.24) is 15.2 Å².